The van der Waals surface area contributed by atoms with Crippen LogP contribution in [-0.2, 0) is 0 Å². The molecule has 4 rings (SSSR count). The lowest BCUT2D eigenvalue weighted by atomic mass is 10.0. The summed E-state index contributed by atoms with van der Waals surface area (Å²) in [6.45, 7) is 1.04. The number of carbonyl (C=O) groups excluding carboxylic acids is 1. The Morgan fingerprint density at radius 3 is 2.76 bits per heavy atom. The minimum atomic E-state index is -0.177. The zero-order valence-electron chi connectivity index (χ0n) is 16.4. The minimum absolute atomic E-state index is 0.0846. The first kappa shape index (κ1) is 18.9. The van der Waals surface area contributed by atoms with Gasteiger partial charge in [-0.1, -0.05) is 12.1 Å². The molecule has 0 N–H and O–H groups in total. The average molecular weight is 394 g/mol. The van der Waals surface area contributed by atoms with Crippen LogP contribution >= 0.6 is 0 Å². The lowest BCUT2D eigenvalue weighted by molar-refractivity contribution is 0.0673. The Morgan fingerprint density at radius 2 is 1.97 bits per heavy atom. The van der Waals surface area contributed by atoms with Crippen LogP contribution in [0.25, 0.3) is 10.9 Å². The maximum atomic E-state index is 13.1. The molecule has 8 nitrogen and oxygen atoms in total. The number of hydrogen-bond acceptors (Lipinski definition) is 6. The highest BCUT2D eigenvalue weighted by atomic mass is 16.5. The highest BCUT2D eigenvalue weighted by molar-refractivity contribution is 5.96. The lowest BCUT2D eigenvalue weighted by Gasteiger charge is -2.33. The molecule has 1 fully saturated rings. The van der Waals surface area contributed by atoms with Gasteiger partial charge in [-0.3, -0.25) is 14.2 Å². The van der Waals surface area contributed by atoms with Crippen LogP contribution in [0.5, 0.6) is 11.8 Å². The molecule has 0 radical (unpaired) electrons. The number of fused-ring (bicyclic) bond motifs is 1. The van der Waals surface area contributed by atoms with E-state index in [1.807, 2.05) is 18.2 Å². The molecule has 1 aliphatic rings. The number of hydrogen-bond donors (Lipinski definition) is 0. The quantitative estimate of drug-likeness (QED) is 0.675. The number of aromatic nitrogens is 3. The van der Waals surface area contributed by atoms with Crippen LogP contribution < -0.4 is 15.0 Å². The number of carbonyl (C=O) groups is 1. The minimum Gasteiger partial charge on any atom is -0.481 e. The number of rotatable bonds is 4. The summed E-state index contributed by atoms with van der Waals surface area (Å²) in [6, 6.07) is 10.4. The van der Waals surface area contributed by atoms with Gasteiger partial charge in [0.2, 0.25) is 11.8 Å². The Morgan fingerprint density at radius 1 is 1.14 bits per heavy atom. The first-order valence-electron chi connectivity index (χ1n) is 9.46. The van der Waals surface area contributed by atoms with Crippen LogP contribution in [0.1, 0.15) is 29.2 Å². The third-order valence-electron chi connectivity index (χ3n) is 5.23. The van der Waals surface area contributed by atoms with E-state index in [2.05, 4.69) is 9.97 Å². The highest BCUT2D eigenvalue weighted by Crippen LogP contribution is 2.26. The second kappa shape index (κ2) is 7.90. The first-order valence-corrected chi connectivity index (χ1v) is 9.46. The molecule has 1 unspecified atom stereocenters. The predicted molar refractivity (Wildman–Crippen MR) is 108 cm³/mol. The Balaban J connectivity index is 1.61. The SMILES string of the molecule is COc1ccc(C(=O)N2CCCC(n3cnc4ccccc4c3=O)C2)c(OC)n1. The third-order valence-corrected chi connectivity index (χ3v) is 5.23. The number of benzene rings is 1. The largest absolute Gasteiger partial charge is 0.481 e. The van der Waals surface area contributed by atoms with Crippen LogP contribution in [0.4, 0.5) is 0 Å². The molecule has 0 bridgehead atoms. The molecule has 0 aliphatic carbocycles. The Hall–Kier alpha value is -3.42. The van der Waals surface area contributed by atoms with E-state index in [1.54, 1.807) is 34.0 Å². The van der Waals surface area contributed by atoms with Crippen molar-refractivity contribution in [3.63, 3.8) is 0 Å². The molecular formula is C21H22N4O4. The van der Waals surface area contributed by atoms with Crippen molar-refractivity contribution < 1.29 is 14.3 Å². The number of nitrogens with zero attached hydrogens (tertiary/aromatic N) is 4. The van der Waals surface area contributed by atoms with E-state index < -0.39 is 0 Å². The van der Waals surface area contributed by atoms with Gasteiger partial charge in [-0.05, 0) is 31.0 Å². The fourth-order valence-corrected chi connectivity index (χ4v) is 3.74. The molecule has 0 spiro atoms. The number of methoxy groups -OCH3 is 2. The number of likely N-dealkylation sites (tertiary alicyclic amines) is 1. The summed E-state index contributed by atoms with van der Waals surface area (Å²) in [5.74, 6) is 0.424. The predicted octanol–water partition coefficient (Wildman–Crippen LogP) is 2.29. The summed E-state index contributed by atoms with van der Waals surface area (Å²) < 4.78 is 12.0. The van der Waals surface area contributed by atoms with E-state index in [0.717, 1.165) is 12.8 Å². The smallest absolute Gasteiger partial charge is 0.261 e. The van der Waals surface area contributed by atoms with Crippen LogP contribution in [0.2, 0.25) is 0 Å². The molecule has 150 valence electrons. The molecule has 1 aromatic carbocycles. The average Bonchev–Trinajstić information content (AvgIpc) is 2.78. The first-order chi connectivity index (χ1) is 14.1. The maximum absolute atomic E-state index is 13.1. The summed E-state index contributed by atoms with van der Waals surface area (Å²) in [5.41, 5.74) is 0.961. The van der Waals surface area contributed by atoms with E-state index in [1.165, 1.54) is 14.2 Å². The number of pyridine rings is 1. The van der Waals surface area contributed by atoms with Gasteiger partial charge in [0, 0.05) is 19.2 Å². The summed E-state index contributed by atoms with van der Waals surface area (Å²) in [5, 5.41) is 0.583. The van der Waals surface area contributed by atoms with Crippen molar-refractivity contribution in [1.29, 1.82) is 0 Å². The fourth-order valence-electron chi connectivity index (χ4n) is 3.74. The lowest BCUT2D eigenvalue weighted by Crippen LogP contribution is -2.43. The number of para-hydroxylation sites is 1. The van der Waals surface area contributed by atoms with Crippen molar-refractivity contribution in [1.82, 2.24) is 19.4 Å². The molecule has 8 heteroatoms. The second-order valence-electron chi connectivity index (χ2n) is 6.93. The third kappa shape index (κ3) is 3.53. The monoisotopic (exact) mass is 394 g/mol. The van der Waals surface area contributed by atoms with Crippen LogP contribution in [0, 0.1) is 0 Å². The summed E-state index contributed by atoms with van der Waals surface area (Å²) >= 11 is 0. The van der Waals surface area contributed by atoms with Crippen molar-refractivity contribution in [3.05, 3.63) is 58.6 Å². The summed E-state index contributed by atoms with van der Waals surface area (Å²) in [6.07, 6.45) is 3.18. The van der Waals surface area contributed by atoms with Gasteiger partial charge < -0.3 is 14.4 Å². The fraction of sp³-hybridized carbons (Fsp3) is 0.333. The van der Waals surface area contributed by atoms with Crippen molar-refractivity contribution in [2.75, 3.05) is 27.3 Å². The number of piperidine rings is 1. The van der Waals surface area contributed by atoms with Gasteiger partial charge in [0.25, 0.3) is 11.5 Å². The topological polar surface area (TPSA) is 86.6 Å². The van der Waals surface area contributed by atoms with Gasteiger partial charge in [-0.25, -0.2) is 4.98 Å². The molecule has 1 atom stereocenters. The van der Waals surface area contributed by atoms with E-state index in [4.69, 9.17) is 9.47 Å². The van der Waals surface area contributed by atoms with Gasteiger partial charge in [0.1, 0.15) is 5.56 Å². The Labute approximate surface area is 167 Å². The molecule has 1 saturated heterocycles. The molecule has 1 amide bonds. The van der Waals surface area contributed by atoms with Gasteiger partial charge in [0.05, 0.1) is 37.5 Å². The van der Waals surface area contributed by atoms with E-state index in [0.29, 0.717) is 35.4 Å². The molecule has 3 heterocycles. The molecule has 0 saturated carbocycles. The van der Waals surface area contributed by atoms with E-state index in [9.17, 15) is 9.59 Å². The van der Waals surface area contributed by atoms with Crippen LogP contribution in [0.15, 0.2) is 47.5 Å². The Kier molecular flexibility index (Phi) is 5.16. The molecular weight excluding hydrogens is 372 g/mol. The van der Waals surface area contributed by atoms with Crippen molar-refractivity contribution >= 4 is 16.8 Å². The standard InChI is InChI=1S/C21H22N4O4/c1-28-18-10-9-16(19(23-18)29-2)20(26)24-11-5-6-14(12-24)25-13-22-17-8-4-3-7-15(17)21(25)27/h3-4,7-10,13-14H,5-6,11-12H2,1-2H3. The van der Waals surface area contributed by atoms with E-state index in [-0.39, 0.29) is 23.4 Å². The van der Waals surface area contributed by atoms with Crippen molar-refractivity contribution in [2.24, 2.45) is 0 Å². The molecule has 29 heavy (non-hydrogen) atoms. The Bertz CT molecular complexity index is 1110. The highest BCUT2D eigenvalue weighted by Gasteiger charge is 2.28. The normalized spacial score (nSPS) is 16.6. The van der Waals surface area contributed by atoms with E-state index >= 15 is 0 Å². The molecule has 1 aliphatic heterocycles. The zero-order chi connectivity index (χ0) is 20.4. The summed E-state index contributed by atoms with van der Waals surface area (Å²) in [7, 11) is 2.98. The van der Waals surface area contributed by atoms with Gasteiger partial charge in [0.15, 0.2) is 0 Å². The number of ether oxygens (including phenoxy) is 2. The molecule has 2 aromatic heterocycles. The van der Waals surface area contributed by atoms with Gasteiger partial charge in [-0.2, -0.15) is 4.98 Å². The van der Waals surface area contributed by atoms with Crippen molar-refractivity contribution in [2.45, 2.75) is 18.9 Å². The van der Waals surface area contributed by atoms with Crippen LogP contribution in [0.3, 0.4) is 0 Å². The van der Waals surface area contributed by atoms with Gasteiger partial charge >= 0.3 is 0 Å². The van der Waals surface area contributed by atoms with Crippen LogP contribution in [-0.4, -0.2) is 52.7 Å². The molecule has 3 aromatic rings. The number of amides is 1. The second-order valence-corrected chi connectivity index (χ2v) is 6.93. The van der Waals surface area contributed by atoms with Crippen molar-refractivity contribution in [3.8, 4) is 11.8 Å². The summed E-state index contributed by atoms with van der Waals surface area (Å²) in [4.78, 5) is 36.4. The van der Waals surface area contributed by atoms with Gasteiger partial charge in [-0.15, -0.1) is 0 Å². The maximum Gasteiger partial charge on any atom is 0.261 e. The zero-order valence-corrected chi connectivity index (χ0v) is 16.4.